The number of furan rings is 1. The summed E-state index contributed by atoms with van der Waals surface area (Å²) in [7, 11) is 1.45. The molecule has 0 atom stereocenters. The van der Waals surface area contributed by atoms with Crippen molar-refractivity contribution < 1.29 is 23.5 Å². The smallest absolute Gasteiger partial charge is 0.355 e. The van der Waals surface area contributed by atoms with Gasteiger partial charge in [0.15, 0.2) is 21.9 Å². The number of carbonyl (C=O) groups is 2. The molecule has 0 radical (unpaired) electrons. The van der Waals surface area contributed by atoms with E-state index in [1.54, 1.807) is 24.3 Å². The maximum absolute atomic E-state index is 12.7. The Kier molecular flexibility index (Phi) is 6.59. The van der Waals surface area contributed by atoms with Crippen LogP contribution in [0.15, 0.2) is 68.8 Å². The van der Waals surface area contributed by atoms with E-state index in [0.29, 0.717) is 25.9 Å². The number of rotatable bonds is 6. The van der Waals surface area contributed by atoms with Gasteiger partial charge in [0, 0.05) is 10.1 Å². The molecular weight excluding hydrogens is 520 g/mol. The number of methoxy groups -OCH3 is 1. The fraction of sp³-hybridized carbons (Fsp3) is 0.0455. The molecule has 1 N–H and O–H groups in total. The molecule has 0 saturated heterocycles. The number of thiophene rings is 1. The van der Waals surface area contributed by atoms with E-state index in [-0.39, 0.29) is 11.5 Å². The first-order valence-corrected chi connectivity index (χ1v) is 11.1. The molecule has 0 unspecified atom stereocenters. The number of hydrogen-bond acceptors (Lipinski definition) is 7. The standard InChI is InChI=1S/C22H14BrClN2O5S/c1-29-16-10-12(11-25-26-21(27)15-8-9-18(23)30-15)6-7-14(16)31-22(28)20-19(24)13-4-2-3-5-17(13)32-20/h2-11H,1H3,(H,26,27). The van der Waals surface area contributed by atoms with Crippen LogP contribution in [0.3, 0.4) is 0 Å². The molecule has 2 aromatic carbocycles. The van der Waals surface area contributed by atoms with E-state index in [2.05, 4.69) is 26.5 Å². The lowest BCUT2D eigenvalue weighted by Crippen LogP contribution is -2.16. The second-order valence-corrected chi connectivity index (χ2v) is 8.56. The zero-order valence-electron chi connectivity index (χ0n) is 16.4. The van der Waals surface area contributed by atoms with Crippen LogP contribution in [0.1, 0.15) is 25.8 Å². The monoisotopic (exact) mass is 532 g/mol. The Labute approximate surface area is 199 Å². The van der Waals surface area contributed by atoms with Crippen LogP contribution in [0.5, 0.6) is 11.5 Å². The molecule has 0 aliphatic heterocycles. The second-order valence-electron chi connectivity index (χ2n) is 6.34. The molecule has 0 fully saturated rings. The van der Waals surface area contributed by atoms with Crippen LogP contribution in [0.25, 0.3) is 10.1 Å². The number of halogens is 2. The number of nitrogens with one attached hydrogen (secondary N) is 1. The van der Waals surface area contributed by atoms with Crippen molar-refractivity contribution in [2.45, 2.75) is 0 Å². The van der Waals surface area contributed by atoms with Crippen LogP contribution in [0.4, 0.5) is 0 Å². The Morgan fingerprint density at radius 1 is 1.16 bits per heavy atom. The summed E-state index contributed by atoms with van der Waals surface area (Å²) in [5.74, 6) is -0.403. The third-order valence-corrected chi connectivity index (χ3v) is 6.37. The Morgan fingerprint density at radius 3 is 2.69 bits per heavy atom. The van der Waals surface area contributed by atoms with E-state index in [1.165, 1.54) is 30.7 Å². The van der Waals surface area contributed by atoms with Gasteiger partial charge in [0.1, 0.15) is 4.88 Å². The molecule has 2 aromatic heterocycles. The maximum Gasteiger partial charge on any atom is 0.355 e. The summed E-state index contributed by atoms with van der Waals surface area (Å²) in [6.07, 6.45) is 1.42. The summed E-state index contributed by atoms with van der Waals surface area (Å²) < 4.78 is 17.4. The first-order valence-electron chi connectivity index (χ1n) is 9.12. The molecule has 1 amide bonds. The van der Waals surface area contributed by atoms with Gasteiger partial charge in [-0.25, -0.2) is 10.2 Å². The molecule has 4 rings (SSSR count). The van der Waals surface area contributed by atoms with Gasteiger partial charge < -0.3 is 13.9 Å². The highest BCUT2D eigenvalue weighted by Gasteiger charge is 2.20. The van der Waals surface area contributed by atoms with Crippen LogP contribution in [0, 0.1) is 0 Å². The number of benzene rings is 2. The maximum atomic E-state index is 12.7. The van der Waals surface area contributed by atoms with Gasteiger partial charge in [0.25, 0.3) is 0 Å². The minimum atomic E-state index is -0.576. The first kappa shape index (κ1) is 22.1. The van der Waals surface area contributed by atoms with E-state index in [1.807, 2.05) is 24.3 Å². The summed E-state index contributed by atoms with van der Waals surface area (Å²) in [5, 5.41) is 5.06. The molecule has 2 heterocycles. The van der Waals surface area contributed by atoms with Crippen LogP contribution in [0.2, 0.25) is 5.02 Å². The molecule has 0 aliphatic carbocycles. The number of esters is 1. The van der Waals surface area contributed by atoms with Gasteiger partial charge in [0.2, 0.25) is 0 Å². The van der Waals surface area contributed by atoms with Crippen molar-refractivity contribution in [3.63, 3.8) is 0 Å². The number of amides is 1. The topological polar surface area (TPSA) is 90.1 Å². The highest BCUT2D eigenvalue weighted by Crippen LogP contribution is 2.37. The molecule has 0 spiro atoms. The van der Waals surface area contributed by atoms with Crippen molar-refractivity contribution in [3.8, 4) is 11.5 Å². The zero-order chi connectivity index (χ0) is 22.7. The summed E-state index contributed by atoms with van der Waals surface area (Å²) >= 11 is 10.8. The van der Waals surface area contributed by atoms with E-state index in [0.717, 1.165) is 10.1 Å². The third kappa shape index (κ3) is 4.69. The molecule has 0 saturated carbocycles. The highest BCUT2D eigenvalue weighted by molar-refractivity contribution is 9.10. The molecule has 0 aliphatic rings. The number of nitrogens with zero attached hydrogens (tertiary/aromatic N) is 1. The minimum Gasteiger partial charge on any atom is -0.493 e. The Hall–Kier alpha value is -3.14. The van der Waals surface area contributed by atoms with Crippen LogP contribution < -0.4 is 14.9 Å². The van der Waals surface area contributed by atoms with Crippen molar-refractivity contribution in [1.82, 2.24) is 5.43 Å². The number of carbonyl (C=O) groups excluding carboxylic acids is 2. The molecule has 32 heavy (non-hydrogen) atoms. The average Bonchev–Trinajstić information content (AvgIpc) is 3.38. The van der Waals surface area contributed by atoms with Crippen molar-refractivity contribution in [3.05, 3.63) is 80.5 Å². The van der Waals surface area contributed by atoms with Crippen molar-refractivity contribution in [1.29, 1.82) is 0 Å². The Bertz CT molecular complexity index is 1350. The lowest BCUT2D eigenvalue weighted by molar-refractivity contribution is 0.0734. The van der Waals surface area contributed by atoms with Crippen LogP contribution in [-0.4, -0.2) is 25.2 Å². The van der Waals surface area contributed by atoms with E-state index in [9.17, 15) is 9.59 Å². The Balaban J connectivity index is 1.47. The molecule has 0 bridgehead atoms. The summed E-state index contributed by atoms with van der Waals surface area (Å²) in [6, 6.07) is 15.5. The lowest BCUT2D eigenvalue weighted by atomic mass is 10.2. The summed E-state index contributed by atoms with van der Waals surface area (Å²) in [5.41, 5.74) is 2.98. The summed E-state index contributed by atoms with van der Waals surface area (Å²) in [4.78, 5) is 25.0. The molecule has 4 aromatic rings. The van der Waals surface area contributed by atoms with Gasteiger partial charge in [-0.1, -0.05) is 29.8 Å². The Morgan fingerprint density at radius 2 is 1.97 bits per heavy atom. The fourth-order valence-electron chi connectivity index (χ4n) is 2.80. The minimum absolute atomic E-state index is 0.119. The largest absolute Gasteiger partial charge is 0.493 e. The molecule has 7 nitrogen and oxygen atoms in total. The first-order chi connectivity index (χ1) is 15.5. The van der Waals surface area contributed by atoms with Gasteiger partial charge in [-0.05, 0) is 57.9 Å². The SMILES string of the molecule is COc1cc(C=NNC(=O)c2ccc(Br)o2)ccc1OC(=O)c1sc2ccccc2c1Cl. The van der Waals surface area contributed by atoms with Gasteiger partial charge in [-0.3, -0.25) is 4.79 Å². The summed E-state index contributed by atoms with van der Waals surface area (Å²) in [6.45, 7) is 0. The van der Waals surface area contributed by atoms with Crippen molar-refractivity contribution >= 4 is 67.0 Å². The predicted molar refractivity (Wildman–Crippen MR) is 126 cm³/mol. The normalized spacial score (nSPS) is 11.1. The number of ether oxygens (including phenoxy) is 2. The lowest BCUT2D eigenvalue weighted by Gasteiger charge is -2.09. The van der Waals surface area contributed by atoms with Crippen LogP contribution in [-0.2, 0) is 0 Å². The van der Waals surface area contributed by atoms with Crippen molar-refractivity contribution in [2.75, 3.05) is 7.11 Å². The number of hydrazone groups is 1. The van der Waals surface area contributed by atoms with E-state index in [4.69, 9.17) is 25.5 Å². The predicted octanol–water partition coefficient (Wildman–Crippen LogP) is 5.90. The van der Waals surface area contributed by atoms with Crippen LogP contribution >= 0.6 is 38.9 Å². The molecular formula is C22H14BrClN2O5S. The highest BCUT2D eigenvalue weighted by atomic mass is 79.9. The zero-order valence-corrected chi connectivity index (χ0v) is 19.6. The number of hydrogen-bond donors (Lipinski definition) is 1. The molecule has 10 heteroatoms. The third-order valence-electron chi connectivity index (χ3n) is 4.29. The molecule has 162 valence electrons. The van der Waals surface area contributed by atoms with E-state index < -0.39 is 11.9 Å². The second kappa shape index (κ2) is 9.56. The van der Waals surface area contributed by atoms with Gasteiger partial charge in [0.05, 0.1) is 18.3 Å². The van der Waals surface area contributed by atoms with Gasteiger partial charge >= 0.3 is 11.9 Å². The van der Waals surface area contributed by atoms with Gasteiger partial charge in [-0.2, -0.15) is 5.10 Å². The van der Waals surface area contributed by atoms with Gasteiger partial charge in [-0.15, -0.1) is 11.3 Å². The number of fused-ring (bicyclic) bond motifs is 1. The van der Waals surface area contributed by atoms with E-state index >= 15 is 0 Å². The fourth-order valence-corrected chi connectivity index (χ4v) is 4.49. The van der Waals surface area contributed by atoms with Crippen molar-refractivity contribution in [2.24, 2.45) is 5.10 Å². The quantitative estimate of drug-likeness (QED) is 0.144. The average molecular weight is 534 g/mol.